The van der Waals surface area contributed by atoms with E-state index < -0.39 is 23.8 Å². The number of nitrogens with one attached hydrogen (secondary N) is 1. The number of hydrogen-bond donors (Lipinski definition) is 1. The highest BCUT2D eigenvalue weighted by molar-refractivity contribution is 7.10. The number of carbonyl (C=O) groups excluding carboxylic acids is 3. The molecule has 0 unspecified atom stereocenters. The summed E-state index contributed by atoms with van der Waals surface area (Å²) in [6, 6.07) is 9.22. The molecule has 3 atom stereocenters. The largest absolute Gasteiger partial charge is 0.493 e. The zero-order valence-corrected chi connectivity index (χ0v) is 23.8. The van der Waals surface area contributed by atoms with Crippen molar-refractivity contribution < 1.29 is 33.3 Å². The Morgan fingerprint density at radius 1 is 1.03 bits per heavy atom. The van der Waals surface area contributed by atoms with E-state index in [0.717, 1.165) is 22.7 Å². The Morgan fingerprint density at radius 3 is 2.38 bits per heavy atom. The summed E-state index contributed by atoms with van der Waals surface area (Å²) >= 11 is 1.51. The number of methoxy groups -OCH3 is 2. The Kier molecular flexibility index (Phi) is 9.12. The van der Waals surface area contributed by atoms with E-state index in [1.165, 1.54) is 18.4 Å². The van der Waals surface area contributed by atoms with Gasteiger partial charge in [0.15, 0.2) is 17.3 Å². The number of thiophene rings is 1. The van der Waals surface area contributed by atoms with Crippen molar-refractivity contribution in [3.63, 3.8) is 0 Å². The molecule has 208 valence electrons. The highest BCUT2D eigenvalue weighted by Gasteiger charge is 2.49. The van der Waals surface area contributed by atoms with Gasteiger partial charge in [-0.05, 0) is 55.8 Å². The van der Waals surface area contributed by atoms with Gasteiger partial charge in [0.05, 0.1) is 33.0 Å². The predicted molar refractivity (Wildman–Crippen MR) is 148 cm³/mol. The van der Waals surface area contributed by atoms with Gasteiger partial charge in [0.2, 0.25) is 0 Å². The van der Waals surface area contributed by atoms with Crippen LogP contribution in [0.5, 0.6) is 11.5 Å². The number of ether oxygens (including phenoxy) is 4. The molecular weight excluding hydrogens is 518 g/mol. The van der Waals surface area contributed by atoms with Gasteiger partial charge >= 0.3 is 11.9 Å². The van der Waals surface area contributed by atoms with Crippen molar-refractivity contribution in [2.75, 3.05) is 27.4 Å². The Morgan fingerprint density at radius 2 is 1.77 bits per heavy atom. The summed E-state index contributed by atoms with van der Waals surface area (Å²) in [5, 5.41) is 5.38. The number of dihydropyridines is 1. The van der Waals surface area contributed by atoms with Crippen LogP contribution >= 0.6 is 11.3 Å². The molecule has 8 nitrogen and oxygen atoms in total. The van der Waals surface area contributed by atoms with Crippen molar-refractivity contribution in [1.29, 1.82) is 0 Å². The quantitative estimate of drug-likeness (QED) is 0.314. The minimum Gasteiger partial charge on any atom is -0.493 e. The first-order valence-corrected chi connectivity index (χ1v) is 14.1. The molecule has 1 N–H and O–H groups in total. The van der Waals surface area contributed by atoms with Crippen molar-refractivity contribution in [3.05, 3.63) is 68.7 Å². The summed E-state index contributed by atoms with van der Waals surface area (Å²) < 4.78 is 21.9. The van der Waals surface area contributed by atoms with Crippen LogP contribution in [0.1, 0.15) is 62.3 Å². The lowest BCUT2D eigenvalue weighted by atomic mass is 9.68. The van der Waals surface area contributed by atoms with Crippen LogP contribution in [-0.2, 0) is 23.9 Å². The van der Waals surface area contributed by atoms with Crippen LogP contribution < -0.4 is 14.8 Å². The van der Waals surface area contributed by atoms with Crippen molar-refractivity contribution in [3.8, 4) is 11.5 Å². The molecular formula is C30H35NO7S. The molecule has 2 heterocycles. The van der Waals surface area contributed by atoms with Gasteiger partial charge in [0, 0.05) is 33.7 Å². The van der Waals surface area contributed by atoms with Crippen LogP contribution in [0.4, 0.5) is 0 Å². The number of benzene rings is 1. The van der Waals surface area contributed by atoms with Gasteiger partial charge in [-0.3, -0.25) is 9.59 Å². The van der Waals surface area contributed by atoms with Crippen LogP contribution in [0, 0.1) is 5.92 Å². The molecule has 1 aliphatic carbocycles. The van der Waals surface area contributed by atoms with Gasteiger partial charge in [-0.2, -0.15) is 0 Å². The second-order valence-electron chi connectivity index (χ2n) is 9.35. The minimum atomic E-state index is -1.03. The highest BCUT2D eigenvalue weighted by atomic mass is 32.1. The van der Waals surface area contributed by atoms with Crippen LogP contribution in [-0.4, -0.2) is 45.2 Å². The van der Waals surface area contributed by atoms with E-state index in [2.05, 4.69) is 5.32 Å². The van der Waals surface area contributed by atoms with E-state index in [1.54, 1.807) is 33.1 Å². The maximum Gasteiger partial charge on any atom is 0.336 e. The topological polar surface area (TPSA) is 100 Å². The molecule has 0 radical (unpaired) electrons. The molecule has 0 saturated heterocycles. The third-order valence-corrected chi connectivity index (χ3v) is 8.09. The zero-order chi connectivity index (χ0) is 28.1. The monoisotopic (exact) mass is 553 g/mol. The van der Waals surface area contributed by atoms with Crippen molar-refractivity contribution in [1.82, 2.24) is 5.32 Å². The van der Waals surface area contributed by atoms with Gasteiger partial charge < -0.3 is 24.3 Å². The van der Waals surface area contributed by atoms with Crippen molar-refractivity contribution >= 4 is 29.1 Å². The van der Waals surface area contributed by atoms with E-state index in [9.17, 15) is 14.4 Å². The summed E-state index contributed by atoms with van der Waals surface area (Å²) in [7, 11) is 3.08. The Balaban J connectivity index is 1.95. The number of ketones is 1. The minimum absolute atomic E-state index is 0.164. The van der Waals surface area contributed by atoms with Gasteiger partial charge in [-0.1, -0.05) is 25.5 Å². The maximum absolute atomic E-state index is 14.4. The molecule has 0 saturated carbocycles. The number of rotatable bonds is 10. The Hall–Kier alpha value is -3.59. The fourth-order valence-corrected chi connectivity index (χ4v) is 6.35. The second kappa shape index (κ2) is 12.5. The van der Waals surface area contributed by atoms with Crippen LogP contribution in [0.2, 0.25) is 0 Å². The molecule has 0 fully saturated rings. The normalized spacial score (nSPS) is 20.7. The van der Waals surface area contributed by atoms with Crippen LogP contribution in [0.15, 0.2) is 58.3 Å². The van der Waals surface area contributed by atoms with E-state index in [4.69, 9.17) is 18.9 Å². The van der Waals surface area contributed by atoms with E-state index in [1.807, 2.05) is 30.5 Å². The van der Waals surface area contributed by atoms with Crippen molar-refractivity contribution in [2.24, 2.45) is 5.92 Å². The van der Waals surface area contributed by atoms with E-state index in [-0.39, 0.29) is 24.9 Å². The highest BCUT2D eigenvalue weighted by Crippen LogP contribution is 2.50. The molecule has 9 heteroatoms. The number of esters is 2. The molecule has 1 aromatic carbocycles. The standard InChI is InChI=1S/C30H35NO7S/c1-6-10-19-27(30(34)38-8-3)24(17-12-13-21(35-4)22(15-17)36-5)26-20(31-19)16-18(23-11-9-14-39-23)25(28(26)32)29(33)37-7-2/h9,11-15,18,24-25,31H,6-8,10,16H2,1-5H3/t18-,24+,25+/m1/s1. The summed E-state index contributed by atoms with van der Waals surface area (Å²) in [5.74, 6) is -2.56. The van der Waals surface area contributed by atoms with Crippen LogP contribution in [0.3, 0.4) is 0 Å². The fraction of sp³-hybridized carbons (Fsp3) is 0.433. The smallest absolute Gasteiger partial charge is 0.336 e. The summed E-state index contributed by atoms with van der Waals surface area (Å²) in [4.78, 5) is 42.1. The van der Waals surface area contributed by atoms with Crippen LogP contribution in [0.25, 0.3) is 0 Å². The lowest BCUT2D eigenvalue weighted by Crippen LogP contribution is -2.43. The molecule has 0 bridgehead atoms. The number of allylic oxidation sites excluding steroid dienone is 3. The SMILES string of the molecule is CCCC1=C(C(=O)OCC)[C@@H](c2ccc(OC)c(OC)c2)C2=C(C[C@H](c3cccs3)[C@H](C(=O)OCC)C2=O)N1. The lowest BCUT2D eigenvalue weighted by Gasteiger charge is -2.39. The number of Topliss-reactive ketones (excluding diaryl/α,β-unsaturated/α-hetero) is 1. The number of hydrogen-bond acceptors (Lipinski definition) is 9. The molecule has 1 aromatic heterocycles. The molecule has 4 rings (SSSR count). The summed E-state index contributed by atoms with van der Waals surface area (Å²) in [6.07, 6.45) is 1.80. The molecule has 2 aliphatic rings. The van der Waals surface area contributed by atoms with Gasteiger partial charge in [0.25, 0.3) is 0 Å². The third kappa shape index (κ3) is 5.45. The molecule has 0 amide bonds. The second-order valence-corrected chi connectivity index (χ2v) is 10.3. The van der Waals surface area contributed by atoms with E-state index in [0.29, 0.717) is 41.1 Å². The lowest BCUT2D eigenvalue weighted by molar-refractivity contribution is -0.152. The maximum atomic E-state index is 14.4. The summed E-state index contributed by atoms with van der Waals surface area (Å²) in [5.41, 5.74) is 2.87. The van der Waals surface area contributed by atoms with Gasteiger partial charge in [0.1, 0.15) is 5.92 Å². The van der Waals surface area contributed by atoms with Gasteiger partial charge in [-0.15, -0.1) is 11.3 Å². The average Bonchev–Trinajstić information content (AvgIpc) is 3.47. The van der Waals surface area contributed by atoms with Gasteiger partial charge in [-0.25, -0.2) is 4.79 Å². The third-order valence-electron chi connectivity index (χ3n) is 7.09. The summed E-state index contributed by atoms with van der Waals surface area (Å²) in [6.45, 7) is 5.86. The first-order chi connectivity index (χ1) is 18.9. The molecule has 0 spiro atoms. The first-order valence-electron chi connectivity index (χ1n) is 13.3. The van der Waals surface area contributed by atoms with E-state index >= 15 is 0 Å². The molecule has 2 aromatic rings. The predicted octanol–water partition coefficient (Wildman–Crippen LogP) is 5.26. The molecule has 1 aliphatic heterocycles. The Labute approximate surface area is 233 Å². The average molecular weight is 554 g/mol. The molecule has 39 heavy (non-hydrogen) atoms. The zero-order valence-electron chi connectivity index (χ0n) is 23.0. The fourth-order valence-electron chi connectivity index (χ4n) is 5.48. The first kappa shape index (κ1) is 28.4. The Bertz CT molecular complexity index is 1290. The number of carbonyl (C=O) groups is 3. The van der Waals surface area contributed by atoms with Crippen molar-refractivity contribution in [2.45, 2.75) is 51.9 Å².